The highest BCUT2D eigenvalue weighted by Gasteiger charge is 2.05. The molecule has 0 atom stereocenters. The molecule has 0 amide bonds. The van der Waals surface area contributed by atoms with Gasteiger partial charge in [0, 0.05) is 26.4 Å². The van der Waals surface area contributed by atoms with Crippen LogP contribution in [0.25, 0.3) is 0 Å². The zero-order valence-corrected chi connectivity index (χ0v) is 18.7. The van der Waals surface area contributed by atoms with Crippen LogP contribution in [-0.4, -0.2) is 34.2 Å². The second-order valence-corrected chi connectivity index (χ2v) is 9.88. The summed E-state index contributed by atoms with van der Waals surface area (Å²) < 4.78 is 22.7. The van der Waals surface area contributed by atoms with Crippen molar-refractivity contribution >= 4 is 15.8 Å². The number of hydrogen-bond acceptors (Lipinski definition) is 3. The van der Waals surface area contributed by atoms with Gasteiger partial charge in [-0.15, -0.1) is 0 Å². The minimum Gasteiger partial charge on any atom is -0.356 e. The summed E-state index contributed by atoms with van der Waals surface area (Å²) in [5.41, 5.74) is 4.62. The van der Waals surface area contributed by atoms with Gasteiger partial charge in [-0.05, 0) is 41.0 Å². The van der Waals surface area contributed by atoms with E-state index in [1.165, 1.54) is 17.4 Å². The van der Waals surface area contributed by atoms with Gasteiger partial charge in [0.15, 0.2) is 15.8 Å². The van der Waals surface area contributed by atoms with E-state index in [4.69, 9.17) is 0 Å². The smallest absolute Gasteiger partial charge is 0.191 e. The number of guanidine groups is 1. The lowest BCUT2D eigenvalue weighted by atomic mass is 10.0. The first kappa shape index (κ1) is 22.9. The third kappa shape index (κ3) is 8.69. The third-order valence-electron chi connectivity index (χ3n) is 4.72. The standard InChI is InChI=1S/C23H33N3O2S/c1-18(2)22-13-11-19(12-14-22)6-5-15-25-23(24-3)26-16-20-7-9-21(10-8-20)17-29(4,27)28/h7-14,18H,5-6,15-17H2,1-4H3,(H2,24,25,26). The van der Waals surface area contributed by atoms with Crippen LogP contribution >= 0.6 is 0 Å². The summed E-state index contributed by atoms with van der Waals surface area (Å²) in [7, 11) is -1.24. The Morgan fingerprint density at radius 2 is 1.52 bits per heavy atom. The van der Waals surface area contributed by atoms with Gasteiger partial charge in [-0.2, -0.15) is 0 Å². The van der Waals surface area contributed by atoms with E-state index in [2.05, 4.69) is 53.7 Å². The summed E-state index contributed by atoms with van der Waals surface area (Å²) in [6.07, 6.45) is 3.31. The summed E-state index contributed by atoms with van der Waals surface area (Å²) in [6, 6.07) is 16.5. The highest BCUT2D eigenvalue weighted by atomic mass is 32.2. The van der Waals surface area contributed by atoms with Crippen molar-refractivity contribution in [2.45, 2.75) is 44.9 Å². The summed E-state index contributed by atoms with van der Waals surface area (Å²) in [6.45, 7) is 5.90. The Hall–Kier alpha value is -2.34. The lowest BCUT2D eigenvalue weighted by Crippen LogP contribution is -2.37. The van der Waals surface area contributed by atoms with E-state index >= 15 is 0 Å². The number of rotatable bonds is 9. The molecule has 5 nitrogen and oxygen atoms in total. The molecule has 0 radical (unpaired) electrons. The van der Waals surface area contributed by atoms with E-state index in [0.717, 1.165) is 36.5 Å². The first-order valence-corrected chi connectivity index (χ1v) is 12.1. The van der Waals surface area contributed by atoms with Gasteiger partial charge in [0.25, 0.3) is 0 Å². The minimum absolute atomic E-state index is 0.0735. The van der Waals surface area contributed by atoms with Gasteiger partial charge >= 0.3 is 0 Å². The molecule has 2 aromatic carbocycles. The van der Waals surface area contributed by atoms with Crippen LogP contribution in [0, 0.1) is 0 Å². The molecule has 158 valence electrons. The maximum atomic E-state index is 11.4. The van der Waals surface area contributed by atoms with Crippen LogP contribution in [-0.2, 0) is 28.6 Å². The molecule has 0 fully saturated rings. The highest BCUT2D eigenvalue weighted by Crippen LogP contribution is 2.15. The predicted octanol–water partition coefficient (Wildman–Crippen LogP) is 3.65. The number of benzene rings is 2. The monoisotopic (exact) mass is 415 g/mol. The maximum Gasteiger partial charge on any atom is 0.191 e. The number of sulfone groups is 1. The highest BCUT2D eigenvalue weighted by molar-refractivity contribution is 7.89. The largest absolute Gasteiger partial charge is 0.356 e. The SMILES string of the molecule is CN=C(NCCCc1ccc(C(C)C)cc1)NCc1ccc(CS(C)(=O)=O)cc1. The predicted molar refractivity (Wildman–Crippen MR) is 122 cm³/mol. The molecule has 0 bridgehead atoms. The van der Waals surface area contributed by atoms with Crippen LogP contribution in [0.5, 0.6) is 0 Å². The fourth-order valence-corrected chi connectivity index (χ4v) is 3.83. The lowest BCUT2D eigenvalue weighted by molar-refractivity contribution is 0.601. The van der Waals surface area contributed by atoms with Gasteiger partial charge in [-0.25, -0.2) is 8.42 Å². The molecular weight excluding hydrogens is 382 g/mol. The van der Waals surface area contributed by atoms with E-state index in [9.17, 15) is 8.42 Å². The van der Waals surface area contributed by atoms with Gasteiger partial charge in [-0.1, -0.05) is 62.4 Å². The van der Waals surface area contributed by atoms with Crippen molar-refractivity contribution in [2.24, 2.45) is 4.99 Å². The van der Waals surface area contributed by atoms with Gasteiger partial charge in [0.1, 0.15) is 0 Å². The van der Waals surface area contributed by atoms with Gasteiger partial charge in [-0.3, -0.25) is 4.99 Å². The molecule has 0 spiro atoms. The van der Waals surface area contributed by atoms with E-state index in [1.54, 1.807) is 7.05 Å². The molecule has 0 aliphatic heterocycles. The summed E-state index contributed by atoms with van der Waals surface area (Å²) >= 11 is 0. The van der Waals surface area contributed by atoms with Crippen LogP contribution in [0.4, 0.5) is 0 Å². The minimum atomic E-state index is -3.00. The van der Waals surface area contributed by atoms with Crippen LogP contribution in [0.15, 0.2) is 53.5 Å². The van der Waals surface area contributed by atoms with Crippen LogP contribution in [0.1, 0.15) is 48.4 Å². The van der Waals surface area contributed by atoms with E-state index in [0.29, 0.717) is 12.5 Å². The van der Waals surface area contributed by atoms with Crippen molar-refractivity contribution in [2.75, 3.05) is 19.8 Å². The first-order chi connectivity index (χ1) is 13.8. The van der Waals surface area contributed by atoms with E-state index in [-0.39, 0.29) is 5.75 Å². The van der Waals surface area contributed by atoms with Crippen LogP contribution in [0.3, 0.4) is 0 Å². The summed E-state index contributed by atoms with van der Waals surface area (Å²) in [4.78, 5) is 4.26. The molecule has 0 heterocycles. The second kappa shape index (κ2) is 11.0. The number of aliphatic imine (C=N–C) groups is 1. The van der Waals surface area contributed by atoms with E-state index < -0.39 is 9.84 Å². The van der Waals surface area contributed by atoms with Crippen molar-refractivity contribution in [1.29, 1.82) is 0 Å². The molecule has 0 aromatic heterocycles. The molecule has 2 N–H and O–H groups in total. The van der Waals surface area contributed by atoms with Crippen LogP contribution in [0.2, 0.25) is 0 Å². The average Bonchev–Trinajstić information content (AvgIpc) is 2.68. The topological polar surface area (TPSA) is 70.6 Å². The molecule has 0 unspecified atom stereocenters. The van der Waals surface area contributed by atoms with Crippen molar-refractivity contribution in [3.63, 3.8) is 0 Å². The number of nitrogens with zero attached hydrogens (tertiary/aromatic N) is 1. The quantitative estimate of drug-likeness (QED) is 0.373. The van der Waals surface area contributed by atoms with Crippen molar-refractivity contribution in [3.05, 3.63) is 70.8 Å². The van der Waals surface area contributed by atoms with E-state index in [1.807, 2.05) is 24.3 Å². The van der Waals surface area contributed by atoms with Crippen molar-refractivity contribution in [1.82, 2.24) is 10.6 Å². The molecule has 0 aliphatic carbocycles. The Labute approximate surface area is 175 Å². The van der Waals surface area contributed by atoms with Crippen molar-refractivity contribution < 1.29 is 8.42 Å². The zero-order valence-electron chi connectivity index (χ0n) is 17.9. The summed E-state index contributed by atoms with van der Waals surface area (Å²) in [5, 5.41) is 6.63. The Balaban J connectivity index is 1.72. The third-order valence-corrected chi connectivity index (χ3v) is 5.57. The maximum absolute atomic E-state index is 11.4. The average molecular weight is 416 g/mol. The zero-order chi connectivity index (χ0) is 21.3. The number of aryl methyl sites for hydroxylation is 1. The number of hydrogen-bond donors (Lipinski definition) is 2. The molecule has 29 heavy (non-hydrogen) atoms. The molecule has 0 saturated heterocycles. The second-order valence-electron chi connectivity index (χ2n) is 7.74. The van der Waals surface area contributed by atoms with Gasteiger partial charge < -0.3 is 10.6 Å². The fraction of sp³-hybridized carbons (Fsp3) is 0.435. The van der Waals surface area contributed by atoms with Crippen molar-refractivity contribution in [3.8, 4) is 0 Å². The van der Waals surface area contributed by atoms with Crippen LogP contribution < -0.4 is 10.6 Å². The fourth-order valence-electron chi connectivity index (χ4n) is 3.03. The Morgan fingerprint density at radius 3 is 2.07 bits per heavy atom. The summed E-state index contributed by atoms with van der Waals surface area (Å²) in [5.74, 6) is 1.40. The van der Waals surface area contributed by atoms with Gasteiger partial charge in [0.05, 0.1) is 5.75 Å². The molecule has 2 aromatic rings. The molecule has 0 saturated carbocycles. The lowest BCUT2D eigenvalue weighted by Gasteiger charge is -2.12. The first-order valence-electron chi connectivity index (χ1n) is 10.1. The molecule has 2 rings (SSSR count). The van der Waals surface area contributed by atoms with Gasteiger partial charge in [0.2, 0.25) is 0 Å². The number of nitrogens with one attached hydrogen (secondary N) is 2. The Morgan fingerprint density at radius 1 is 0.931 bits per heavy atom. The molecule has 0 aliphatic rings. The Kier molecular flexibility index (Phi) is 8.70. The molecule has 6 heteroatoms. The Bertz CT molecular complexity index is 887. The normalized spacial score (nSPS) is 12.2. The molecular formula is C23H33N3O2S.